The highest BCUT2D eigenvalue weighted by Gasteiger charge is 2.24. The Balaban J connectivity index is 1.57. The molecule has 2 aromatic carbocycles. The van der Waals surface area contributed by atoms with Crippen molar-refractivity contribution < 1.29 is 32.2 Å². The van der Waals surface area contributed by atoms with Crippen molar-refractivity contribution in [2.45, 2.75) is 31.1 Å². The maximum atomic E-state index is 13.3. The van der Waals surface area contributed by atoms with Crippen molar-refractivity contribution in [2.24, 2.45) is 0 Å². The molecule has 0 saturated carbocycles. The molecule has 2 heterocycles. The lowest BCUT2D eigenvalue weighted by molar-refractivity contribution is 0.135. The number of carbonyl (C=O) groups excluding carboxylic acids is 1. The van der Waals surface area contributed by atoms with Gasteiger partial charge in [-0.3, -0.25) is 10.0 Å². The number of ether oxygens (including phenoxy) is 4. The van der Waals surface area contributed by atoms with E-state index >= 15 is 0 Å². The third kappa shape index (κ3) is 8.46. The Morgan fingerprint density at radius 2 is 1.74 bits per heavy atom. The summed E-state index contributed by atoms with van der Waals surface area (Å²) in [6.45, 7) is 5.76. The molecule has 0 bridgehead atoms. The van der Waals surface area contributed by atoms with Crippen LogP contribution in [0.5, 0.6) is 23.1 Å². The van der Waals surface area contributed by atoms with E-state index in [0.29, 0.717) is 11.6 Å². The van der Waals surface area contributed by atoms with Gasteiger partial charge >= 0.3 is 6.09 Å². The quantitative estimate of drug-likeness (QED) is 0.188. The minimum Gasteiger partial charge on any atom is -0.497 e. The second kappa shape index (κ2) is 13.6. The summed E-state index contributed by atoms with van der Waals surface area (Å²) in [6, 6.07) is 16.2. The Labute approximate surface area is 254 Å². The van der Waals surface area contributed by atoms with Crippen molar-refractivity contribution in [3.05, 3.63) is 83.8 Å². The summed E-state index contributed by atoms with van der Waals surface area (Å²) in [4.78, 5) is 24.3. The van der Waals surface area contributed by atoms with Gasteiger partial charge in [0.15, 0.2) is 5.82 Å². The number of amides is 1. The Morgan fingerprint density at radius 1 is 0.977 bits per heavy atom. The van der Waals surface area contributed by atoms with Crippen molar-refractivity contribution in [1.82, 2.24) is 15.0 Å². The molecule has 14 heteroatoms. The van der Waals surface area contributed by atoms with Crippen LogP contribution >= 0.6 is 11.6 Å². The number of pyridine rings is 1. The van der Waals surface area contributed by atoms with Crippen molar-refractivity contribution in [2.75, 3.05) is 30.4 Å². The van der Waals surface area contributed by atoms with E-state index in [0.717, 1.165) is 11.9 Å². The van der Waals surface area contributed by atoms with Crippen LogP contribution in [0.3, 0.4) is 0 Å². The van der Waals surface area contributed by atoms with E-state index in [9.17, 15) is 13.2 Å². The van der Waals surface area contributed by atoms with Gasteiger partial charge in [-0.05, 0) is 47.4 Å². The summed E-state index contributed by atoms with van der Waals surface area (Å²) in [5.74, 6) is 0.361. The highest BCUT2D eigenvalue weighted by atomic mass is 35.5. The van der Waals surface area contributed by atoms with Crippen LogP contribution in [-0.2, 0) is 20.2 Å². The molecule has 0 radical (unpaired) electrons. The van der Waals surface area contributed by atoms with Crippen molar-refractivity contribution >= 4 is 39.4 Å². The van der Waals surface area contributed by atoms with Crippen LogP contribution in [0.25, 0.3) is 0 Å². The molecule has 0 unspecified atom stereocenters. The molecule has 4 rings (SSSR count). The van der Waals surface area contributed by atoms with E-state index in [2.05, 4.69) is 25.0 Å². The summed E-state index contributed by atoms with van der Waals surface area (Å²) in [5, 5.41) is 2.69. The second-order valence-electron chi connectivity index (χ2n) is 9.96. The number of hydrogen-bond donors (Lipinski definition) is 2. The van der Waals surface area contributed by atoms with Gasteiger partial charge in [0.25, 0.3) is 15.9 Å². The predicted octanol–water partition coefficient (Wildman–Crippen LogP) is 6.05. The molecule has 0 aliphatic heterocycles. The minimum absolute atomic E-state index is 0.0132. The lowest BCUT2D eigenvalue weighted by Crippen LogP contribution is -2.19. The lowest BCUT2D eigenvalue weighted by atomic mass is 9.87. The normalized spacial score (nSPS) is 11.4. The summed E-state index contributed by atoms with van der Waals surface area (Å²) in [6.07, 6.45) is 1.89. The average molecular weight is 628 g/mol. The summed E-state index contributed by atoms with van der Waals surface area (Å²) < 4.78 is 51.2. The topological polar surface area (TPSA) is 151 Å². The van der Waals surface area contributed by atoms with Crippen LogP contribution in [0, 0.1) is 0 Å². The number of rotatable bonds is 11. The van der Waals surface area contributed by atoms with Crippen LogP contribution in [0.15, 0.2) is 78.1 Å². The Hall–Kier alpha value is -4.62. The molecule has 43 heavy (non-hydrogen) atoms. The number of nitrogens with zero attached hydrogens (tertiary/aromatic N) is 3. The predicted molar refractivity (Wildman–Crippen MR) is 161 cm³/mol. The number of carbonyl (C=O) groups is 1. The second-order valence-corrected chi connectivity index (χ2v) is 12.0. The largest absolute Gasteiger partial charge is 0.497 e. The highest BCUT2D eigenvalue weighted by Crippen LogP contribution is 2.40. The molecule has 2 N–H and O–H groups in total. The summed E-state index contributed by atoms with van der Waals surface area (Å²) in [7, 11) is -2.64. The van der Waals surface area contributed by atoms with E-state index in [4.69, 9.17) is 30.5 Å². The first-order chi connectivity index (χ1) is 20.5. The van der Waals surface area contributed by atoms with Crippen LogP contribution < -0.4 is 24.2 Å². The maximum absolute atomic E-state index is 13.3. The van der Waals surface area contributed by atoms with Gasteiger partial charge in [-0.1, -0.05) is 50.6 Å². The number of halogens is 1. The van der Waals surface area contributed by atoms with Gasteiger partial charge in [-0.25, -0.2) is 23.2 Å². The molecule has 0 saturated heterocycles. The van der Waals surface area contributed by atoms with Crippen LogP contribution in [0.4, 0.5) is 16.4 Å². The van der Waals surface area contributed by atoms with E-state index in [1.54, 1.807) is 42.5 Å². The zero-order chi connectivity index (χ0) is 31.0. The fourth-order valence-electron chi connectivity index (χ4n) is 3.59. The Kier molecular flexibility index (Phi) is 9.88. The first kappa shape index (κ1) is 31.3. The van der Waals surface area contributed by atoms with Gasteiger partial charge < -0.3 is 18.9 Å². The molecule has 0 spiro atoms. The molecule has 2 aromatic heterocycles. The molecular weight excluding hydrogens is 598 g/mol. The number of methoxy groups -OCH3 is 1. The number of hydrogen-bond acceptors (Lipinski definition) is 10. The maximum Gasteiger partial charge on any atom is 0.412 e. The van der Waals surface area contributed by atoms with E-state index in [1.165, 1.54) is 31.5 Å². The Bertz CT molecular complexity index is 1670. The fourth-order valence-corrected chi connectivity index (χ4v) is 4.76. The number of nitrogens with one attached hydrogen (secondary N) is 2. The van der Waals surface area contributed by atoms with Gasteiger partial charge in [0.05, 0.1) is 17.0 Å². The van der Waals surface area contributed by atoms with Crippen molar-refractivity contribution in [1.29, 1.82) is 0 Å². The van der Waals surface area contributed by atoms with Crippen LogP contribution in [-0.4, -0.2) is 49.8 Å². The standard InChI is InChI=1S/C29H30ClN5O7S/c1-29(2,3)19-8-11-21(12-9-19)43(37,38)35-26-25(42-23-17-20(39-4)10-13-22(23)30)27(33-18-32-26)40-15-16-41-28(36)34-24-7-5-6-14-31-24/h5-14,17-18H,15-16H2,1-4H3,(H,31,34,36)(H,32,33,35). The van der Waals surface area contributed by atoms with Crippen molar-refractivity contribution in [3.8, 4) is 23.1 Å². The molecule has 12 nitrogen and oxygen atoms in total. The van der Waals surface area contributed by atoms with Gasteiger partial charge in [0.1, 0.15) is 36.9 Å². The molecular formula is C29H30ClN5O7S. The molecule has 0 aliphatic rings. The smallest absolute Gasteiger partial charge is 0.412 e. The number of benzene rings is 2. The highest BCUT2D eigenvalue weighted by molar-refractivity contribution is 7.92. The zero-order valence-electron chi connectivity index (χ0n) is 23.8. The number of anilines is 2. The zero-order valence-corrected chi connectivity index (χ0v) is 25.4. The average Bonchev–Trinajstić information content (AvgIpc) is 2.97. The van der Waals surface area contributed by atoms with E-state index in [-0.39, 0.29) is 51.7 Å². The molecule has 226 valence electrons. The number of aromatic nitrogens is 3. The molecule has 0 fully saturated rings. The molecule has 0 aliphatic carbocycles. The van der Waals surface area contributed by atoms with E-state index in [1.807, 2.05) is 20.8 Å². The first-order valence-corrected chi connectivity index (χ1v) is 14.8. The van der Waals surface area contributed by atoms with Crippen LogP contribution in [0.2, 0.25) is 5.02 Å². The summed E-state index contributed by atoms with van der Waals surface area (Å²) in [5.41, 5.74) is 0.811. The third-order valence-corrected chi connectivity index (χ3v) is 7.50. The SMILES string of the molecule is COc1ccc(Cl)c(Oc2c(NS(=O)(=O)c3ccc(C(C)(C)C)cc3)ncnc2OCCOC(=O)Nc2ccccn2)c1. The number of sulfonamides is 1. The van der Waals surface area contributed by atoms with Gasteiger partial charge in [-0.2, -0.15) is 4.98 Å². The fraction of sp³-hybridized carbons (Fsp3) is 0.241. The lowest BCUT2D eigenvalue weighted by Gasteiger charge is -2.19. The molecule has 4 aromatic rings. The monoisotopic (exact) mass is 627 g/mol. The molecule has 1 amide bonds. The summed E-state index contributed by atoms with van der Waals surface area (Å²) >= 11 is 6.35. The van der Waals surface area contributed by atoms with Gasteiger partial charge in [0.2, 0.25) is 5.75 Å². The van der Waals surface area contributed by atoms with Gasteiger partial charge in [0, 0.05) is 12.3 Å². The first-order valence-electron chi connectivity index (χ1n) is 12.9. The van der Waals surface area contributed by atoms with Crippen molar-refractivity contribution in [3.63, 3.8) is 0 Å². The van der Waals surface area contributed by atoms with Gasteiger partial charge in [-0.15, -0.1) is 0 Å². The minimum atomic E-state index is -4.11. The molecule has 0 atom stereocenters. The third-order valence-electron chi connectivity index (χ3n) is 5.83. The van der Waals surface area contributed by atoms with Crippen LogP contribution in [0.1, 0.15) is 26.3 Å². The Morgan fingerprint density at radius 3 is 2.42 bits per heavy atom. The van der Waals surface area contributed by atoms with E-state index < -0.39 is 16.1 Å².